The van der Waals surface area contributed by atoms with Gasteiger partial charge in [0.05, 0.1) is 17.3 Å². The molecule has 7 heteroatoms. The zero-order chi connectivity index (χ0) is 14.1. The smallest absolute Gasteiger partial charge is 0.338 e. The largest absolute Gasteiger partial charge is 0.457 e. The molecule has 0 atom stereocenters. The molecule has 7 nitrogen and oxygen atoms in total. The van der Waals surface area contributed by atoms with Crippen LogP contribution in [0.1, 0.15) is 15.9 Å². The van der Waals surface area contributed by atoms with Crippen LogP contribution < -0.4 is 0 Å². The molecule has 0 saturated carbocycles. The van der Waals surface area contributed by atoms with E-state index in [2.05, 4.69) is 15.4 Å². The summed E-state index contributed by atoms with van der Waals surface area (Å²) in [7, 11) is 3.59. The summed E-state index contributed by atoms with van der Waals surface area (Å²) in [6.45, 7) is 0.203. The number of hydrogen-bond acceptors (Lipinski definition) is 5. The quantitative estimate of drug-likeness (QED) is 0.666. The third-order valence-corrected chi connectivity index (χ3v) is 2.97. The predicted molar refractivity (Wildman–Crippen MR) is 70.8 cm³/mol. The number of benzene rings is 1. The summed E-state index contributed by atoms with van der Waals surface area (Å²) in [6.07, 6.45) is 3.48. The lowest BCUT2D eigenvalue weighted by Crippen LogP contribution is -2.05. The Bertz CT molecular complexity index is 774. The number of aryl methyl sites for hydroxylation is 2. The van der Waals surface area contributed by atoms with Crippen molar-refractivity contribution in [2.24, 2.45) is 14.1 Å². The van der Waals surface area contributed by atoms with Crippen LogP contribution in [-0.2, 0) is 25.4 Å². The first-order valence-corrected chi connectivity index (χ1v) is 6.07. The van der Waals surface area contributed by atoms with Crippen molar-refractivity contribution in [2.75, 3.05) is 0 Å². The SMILES string of the molecule is Cn1cc(COC(=O)c2ccc3nnn(C)c3c2)cn1. The first kappa shape index (κ1) is 12.3. The maximum Gasteiger partial charge on any atom is 0.338 e. The van der Waals surface area contributed by atoms with E-state index >= 15 is 0 Å². The number of nitrogens with zero attached hydrogens (tertiary/aromatic N) is 5. The molecule has 0 saturated heterocycles. The van der Waals surface area contributed by atoms with Crippen molar-refractivity contribution in [3.05, 3.63) is 41.7 Å². The van der Waals surface area contributed by atoms with Gasteiger partial charge in [0.1, 0.15) is 12.1 Å². The van der Waals surface area contributed by atoms with Crippen LogP contribution in [0, 0.1) is 0 Å². The highest BCUT2D eigenvalue weighted by Gasteiger charge is 2.11. The molecule has 0 aliphatic heterocycles. The van der Waals surface area contributed by atoms with Gasteiger partial charge in [0, 0.05) is 25.9 Å². The molecule has 0 fully saturated rings. The van der Waals surface area contributed by atoms with Crippen molar-refractivity contribution < 1.29 is 9.53 Å². The van der Waals surface area contributed by atoms with Crippen LogP contribution in [0.2, 0.25) is 0 Å². The normalized spacial score (nSPS) is 10.9. The molecule has 0 spiro atoms. The Morgan fingerprint density at radius 1 is 1.35 bits per heavy atom. The molecule has 0 radical (unpaired) electrons. The molecule has 102 valence electrons. The molecule has 1 aromatic carbocycles. The minimum atomic E-state index is -0.378. The van der Waals surface area contributed by atoms with Crippen LogP contribution in [-0.4, -0.2) is 30.7 Å². The number of rotatable bonds is 3. The van der Waals surface area contributed by atoms with Gasteiger partial charge in [-0.15, -0.1) is 5.10 Å². The molecule has 2 aromatic heterocycles. The van der Waals surface area contributed by atoms with Crippen LogP contribution in [0.3, 0.4) is 0 Å². The first-order valence-electron chi connectivity index (χ1n) is 6.07. The van der Waals surface area contributed by atoms with E-state index < -0.39 is 0 Å². The Morgan fingerprint density at radius 3 is 2.95 bits per heavy atom. The molecule has 2 heterocycles. The maximum atomic E-state index is 12.0. The molecule has 0 N–H and O–H groups in total. The Hall–Kier alpha value is -2.70. The van der Waals surface area contributed by atoms with Crippen molar-refractivity contribution in [3.8, 4) is 0 Å². The molecular formula is C13H13N5O2. The monoisotopic (exact) mass is 271 g/mol. The van der Waals surface area contributed by atoms with Crippen molar-refractivity contribution in [2.45, 2.75) is 6.61 Å². The lowest BCUT2D eigenvalue weighted by Gasteiger charge is -2.03. The molecule has 0 bridgehead atoms. The number of aromatic nitrogens is 5. The topological polar surface area (TPSA) is 74.8 Å². The summed E-state index contributed by atoms with van der Waals surface area (Å²) in [4.78, 5) is 12.0. The second kappa shape index (κ2) is 4.76. The van der Waals surface area contributed by atoms with Crippen molar-refractivity contribution in [1.82, 2.24) is 24.8 Å². The highest BCUT2D eigenvalue weighted by Crippen LogP contribution is 2.14. The third kappa shape index (κ3) is 2.25. The fourth-order valence-corrected chi connectivity index (χ4v) is 1.94. The fraction of sp³-hybridized carbons (Fsp3) is 0.231. The van der Waals surface area contributed by atoms with Crippen LogP contribution in [0.4, 0.5) is 0 Å². The molecule has 3 aromatic rings. The average molecular weight is 271 g/mol. The van der Waals surface area contributed by atoms with Crippen molar-refractivity contribution in [3.63, 3.8) is 0 Å². The van der Waals surface area contributed by atoms with Crippen molar-refractivity contribution in [1.29, 1.82) is 0 Å². The summed E-state index contributed by atoms with van der Waals surface area (Å²) < 4.78 is 8.53. The molecule has 3 rings (SSSR count). The second-order valence-corrected chi connectivity index (χ2v) is 4.51. The van der Waals surface area contributed by atoms with Crippen LogP contribution in [0.15, 0.2) is 30.6 Å². The van der Waals surface area contributed by atoms with Crippen LogP contribution in [0.25, 0.3) is 11.0 Å². The molecule has 20 heavy (non-hydrogen) atoms. The van der Waals surface area contributed by atoms with Gasteiger partial charge in [-0.1, -0.05) is 5.21 Å². The van der Waals surface area contributed by atoms with E-state index in [1.54, 1.807) is 40.8 Å². The molecule has 0 aliphatic carbocycles. The van der Waals surface area contributed by atoms with Gasteiger partial charge >= 0.3 is 5.97 Å². The number of hydrogen-bond donors (Lipinski definition) is 0. The zero-order valence-corrected chi connectivity index (χ0v) is 11.1. The van der Waals surface area contributed by atoms with E-state index in [0.29, 0.717) is 5.56 Å². The fourth-order valence-electron chi connectivity index (χ4n) is 1.94. The Balaban J connectivity index is 1.76. The highest BCUT2D eigenvalue weighted by molar-refractivity contribution is 5.93. The van der Waals surface area contributed by atoms with E-state index in [1.807, 2.05) is 13.2 Å². The standard InChI is InChI=1S/C13H13N5O2/c1-17-7-9(6-14-17)8-20-13(19)10-3-4-11-12(5-10)18(2)16-15-11/h3-7H,8H2,1-2H3. The second-order valence-electron chi connectivity index (χ2n) is 4.51. The van der Waals surface area contributed by atoms with Gasteiger partial charge < -0.3 is 4.74 Å². The van der Waals surface area contributed by atoms with E-state index in [-0.39, 0.29) is 12.6 Å². The zero-order valence-electron chi connectivity index (χ0n) is 11.1. The third-order valence-electron chi connectivity index (χ3n) is 2.97. The summed E-state index contributed by atoms with van der Waals surface area (Å²) >= 11 is 0. The van der Waals surface area contributed by atoms with E-state index in [4.69, 9.17) is 4.74 Å². The van der Waals surface area contributed by atoms with Gasteiger partial charge in [0.25, 0.3) is 0 Å². The van der Waals surface area contributed by atoms with Crippen molar-refractivity contribution >= 4 is 17.0 Å². The van der Waals surface area contributed by atoms with Crippen LogP contribution >= 0.6 is 0 Å². The summed E-state index contributed by atoms with van der Waals surface area (Å²) in [6, 6.07) is 5.16. The highest BCUT2D eigenvalue weighted by atomic mass is 16.5. The minimum absolute atomic E-state index is 0.203. The van der Waals surface area contributed by atoms with Gasteiger partial charge in [0.15, 0.2) is 0 Å². The van der Waals surface area contributed by atoms with Gasteiger partial charge in [-0.25, -0.2) is 9.48 Å². The predicted octanol–water partition coefficient (Wildman–Crippen LogP) is 1.06. The van der Waals surface area contributed by atoms with Gasteiger partial charge in [0.2, 0.25) is 0 Å². The van der Waals surface area contributed by atoms with E-state index in [0.717, 1.165) is 16.6 Å². The molecule has 0 aliphatic rings. The summed E-state index contributed by atoms with van der Waals surface area (Å²) in [5.74, 6) is -0.378. The van der Waals surface area contributed by atoms with E-state index in [9.17, 15) is 4.79 Å². The Morgan fingerprint density at radius 2 is 2.20 bits per heavy atom. The van der Waals surface area contributed by atoms with Gasteiger partial charge in [-0.05, 0) is 18.2 Å². The van der Waals surface area contributed by atoms with E-state index in [1.165, 1.54) is 0 Å². The number of carbonyl (C=O) groups excluding carboxylic acids is 1. The number of carbonyl (C=O) groups is 1. The van der Waals surface area contributed by atoms with Crippen LogP contribution in [0.5, 0.6) is 0 Å². The summed E-state index contributed by atoms with van der Waals surface area (Å²) in [5, 5.41) is 11.9. The van der Waals surface area contributed by atoms with Gasteiger partial charge in [-0.3, -0.25) is 4.68 Å². The average Bonchev–Trinajstić information content (AvgIpc) is 3.03. The lowest BCUT2D eigenvalue weighted by molar-refractivity contribution is 0.0473. The molecule has 0 amide bonds. The summed E-state index contributed by atoms with van der Waals surface area (Å²) in [5.41, 5.74) is 2.87. The Labute approximate surface area is 114 Å². The number of fused-ring (bicyclic) bond motifs is 1. The first-order chi connectivity index (χ1) is 9.63. The molecule has 0 unspecified atom stereocenters. The lowest BCUT2D eigenvalue weighted by atomic mass is 10.2. The Kier molecular flexibility index (Phi) is 2.94. The molecular weight excluding hydrogens is 258 g/mol. The number of esters is 1. The van der Waals surface area contributed by atoms with Gasteiger partial charge in [-0.2, -0.15) is 5.10 Å². The minimum Gasteiger partial charge on any atom is -0.457 e. The number of ether oxygens (including phenoxy) is 1. The maximum absolute atomic E-state index is 12.0.